The van der Waals surface area contributed by atoms with Crippen LogP contribution < -0.4 is 15.5 Å². The molecule has 1 heterocycles. The first-order chi connectivity index (χ1) is 15.3. The molecule has 0 spiro atoms. The molecule has 32 heavy (non-hydrogen) atoms. The van der Waals surface area contributed by atoms with Crippen LogP contribution in [0.15, 0.2) is 83.5 Å². The van der Waals surface area contributed by atoms with Gasteiger partial charge in [-0.25, -0.2) is 4.90 Å². The summed E-state index contributed by atoms with van der Waals surface area (Å²) in [6.07, 6.45) is 0. The monoisotopic (exact) mass is 465 g/mol. The molecule has 3 aromatic rings. The number of hydrogen-bond acceptors (Lipinski definition) is 4. The Kier molecular flexibility index (Phi) is 5.99. The summed E-state index contributed by atoms with van der Waals surface area (Å²) in [5, 5.41) is 5.97. The molecule has 1 aliphatic rings. The SMILES string of the molecule is Cc1ccc(NC(=O)c2ccc(NC3=C(Cl)C(=O)N(c4ccc(Cl)cc4)C3=O)cc2)cc1. The molecule has 3 aromatic carbocycles. The van der Waals surface area contributed by atoms with E-state index >= 15 is 0 Å². The van der Waals surface area contributed by atoms with Crippen molar-refractivity contribution in [2.24, 2.45) is 0 Å². The van der Waals surface area contributed by atoms with E-state index in [9.17, 15) is 14.4 Å². The first-order valence-corrected chi connectivity index (χ1v) is 10.4. The van der Waals surface area contributed by atoms with Crippen LogP contribution in [0.1, 0.15) is 15.9 Å². The largest absolute Gasteiger partial charge is 0.350 e. The summed E-state index contributed by atoms with van der Waals surface area (Å²) in [7, 11) is 0. The van der Waals surface area contributed by atoms with Gasteiger partial charge in [0.2, 0.25) is 0 Å². The number of anilines is 3. The van der Waals surface area contributed by atoms with E-state index in [0.717, 1.165) is 10.5 Å². The van der Waals surface area contributed by atoms with Gasteiger partial charge in [-0.15, -0.1) is 0 Å². The van der Waals surface area contributed by atoms with E-state index in [1.54, 1.807) is 48.5 Å². The molecule has 0 bridgehead atoms. The molecule has 0 aliphatic carbocycles. The normalized spacial score (nSPS) is 13.5. The molecule has 160 valence electrons. The molecule has 4 rings (SSSR count). The minimum Gasteiger partial charge on any atom is -0.350 e. The van der Waals surface area contributed by atoms with Crippen LogP contribution in [0.5, 0.6) is 0 Å². The summed E-state index contributed by atoms with van der Waals surface area (Å²) >= 11 is 12.0. The average Bonchev–Trinajstić information content (AvgIpc) is 3.00. The highest BCUT2D eigenvalue weighted by Crippen LogP contribution is 2.30. The van der Waals surface area contributed by atoms with Crippen LogP contribution in [-0.4, -0.2) is 17.7 Å². The second-order valence-electron chi connectivity index (χ2n) is 7.13. The fourth-order valence-electron chi connectivity index (χ4n) is 3.13. The highest BCUT2D eigenvalue weighted by Gasteiger charge is 2.38. The van der Waals surface area contributed by atoms with Crippen molar-refractivity contribution in [3.05, 3.63) is 99.7 Å². The molecule has 6 nitrogen and oxygen atoms in total. The second-order valence-corrected chi connectivity index (χ2v) is 7.95. The minimum atomic E-state index is -0.629. The number of carbonyl (C=O) groups is 3. The van der Waals surface area contributed by atoms with Gasteiger partial charge in [-0.1, -0.05) is 40.9 Å². The third-order valence-electron chi connectivity index (χ3n) is 4.84. The molecule has 0 saturated heterocycles. The van der Waals surface area contributed by atoms with Crippen molar-refractivity contribution in [2.45, 2.75) is 6.92 Å². The van der Waals surface area contributed by atoms with Gasteiger partial charge in [0.1, 0.15) is 10.7 Å². The smallest absolute Gasteiger partial charge is 0.283 e. The number of amides is 3. The second kappa shape index (κ2) is 8.86. The molecular formula is C24H17Cl2N3O3. The van der Waals surface area contributed by atoms with Crippen molar-refractivity contribution in [3.8, 4) is 0 Å². The van der Waals surface area contributed by atoms with E-state index in [1.807, 2.05) is 31.2 Å². The zero-order chi connectivity index (χ0) is 22.8. The van der Waals surface area contributed by atoms with Crippen LogP contribution in [0, 0.1) is 6.92 Å². The molecule has 3 amide bonds. The molecule has 8 heteroatoms. The predicted octanol–water partition coefficient (Wildman–Crippen LogP) is 5.34. The van der Waals surface area contributed by atoms with Crippen molar-refractivity contribution in [3.63, 3.8) is 0 Å². The lowest BCUT2D eigenvalue weighted by molar-refractivity contribution is -0.120. The Balaban J connectivity index is 1.47. The van der Waals surface area contributed by atoms with Gasteiger partial charge in [-0.05, 0) is 67.6 Å². The molecule has 1 aliphatic heterocycles. The van der Waals surface area contributed by atoms with Gasteiger partial charge >= 0.3 is 0 Å². The van der Waals surface area contributed by atoms with Gasteiger partial charge in [0.15, 0.2) is 0 Å². The number of benzene rings is 3. The minimum absolute atomic E-state index is 0.0385. The highest BCUT2D eigenvalue weighted by molar-refractivity contribution is 6.53. The Morgan fingerprint density at radius 2 is 1.38 bits per heavy atom. The lowest BCUT2D eigenvalue weighted by Gasteiger charge is -2.15. The third kappa shape index (κ3) is 4.37. The van der Waals surface area contributed by atoms with E-state index in [4.69, 9.17) is 23.2 Å². The van der Waals surface area contributed by atoms with Crippen molar-refractivity contribution in [2.75, 3.05) is 15.5 Å². The number of nitrogens with zero attached hydrogens (tertiary/aromatic N) is 1. The Bertz CT molecular complexity index is 1230. The highest BCUT2D eigenvalue weighted by atomic mass is 35.5. The first-order valence-electron chi connectivity index (χ1n) is 9.63. The number of nitrogens with one attached hydrogen (secondary N) is 2. The summed E-state index contributed by atoms with van der Waals surface area (Å²) in [6, 6.07) is 20.2. The summed E-state index contributed by atoms with van der Waals surface area (Å²) in [5.41, 5.74) is 3.06. The first kappa shape index (κ1) is 21.6. The van der Waals surface area contributed by atoms with Gasteiger partial charge in [0.05, 0.1) is 5.69 Å². The van der Waals surface area contributed by atoms with Crippen LogP contribution in [0.2, 0.25) is 5.02 Å². The van der Waals surface area contributed by atoms with E-state index in [2.05, 4.69) is 10.6 Å². The Labute approximate surface area is 194 Å². The van der Waals surface area contributed by atoms with E-state index < -0.39 is 11.8 Å². The van der Waals surface area contributed by atoms with Gasteiger partial charge < -0.3 is 10.6 Å². The Morgan fingerprint density at radius 3 is 2.00 bits per heavy atom. The van der Waals surface area contributed by atoms with Crippen molar-refractivity contribution >= 4 is 58.0 Å². The van der Waals surface area contributed by atoms with Crippen LogP contribution in [-0.2, 0) is 9.59 Å². The van der Waals surface area contributed by atoms with Gasteiger partial charge in [0.25, 0.3) is 17.7 Å². The Morgan fingerprint density at radius 1 is 0.781 bits per heavy atom. The molecule has 0 radical (unpaired) electrons. The van der Waals surface area contributed by atoms with Crippen molar-refractivity contribution in [1.29, 1.82) is 0 Å². The summed E-state index contributed by atoms with van der Waals surface area (Å²) in [4.78, 5) is 38.8. The molecule has 0 unspecified atom stereocenters. The molecule has 0 saturated carbocycles. The van der Waals surface area contributed by atoms with Crippen molar-refractivity contribution < 1.29 is 14.4 Å². The molecule has 0 atom stereocenters. The number of imide groups is 1. The zero-order valence-corrected chi connectivity index (χ0v) is 18.4. The summed E-state index contributed by atoms with van der Waals surface area (Å²) in [5.74, 6) is -1.47. The van der Waals surface area contributed by atoms with Crippen molar-refractivity contribution in [1.82, 2.24) is 0 Å². The zero-order valence-electron chi connectivity index (χ0n) is 16.9. The van der Waals surface area contributed by atoms with Crippen LogP contribution in [0.4, 0.5) is 17.1 Å². The lowest BCUT2D eigenvalue weighted by atomic mass is 10.1. The predicted molar refractivity (Wildman–Crippen MR) is 126 cm³/mol. The fourth-order valence-corrected chi connectivity index (χ4v) is 3.46. The fraction of sp³-hybridized carbons (Fsp3) is 0.0417. The number of rotatable bonds is 5. The maximum absolute atomic E-state index is 12.8. The quantitative estimate of drug-likeness (QED) is 0.498. The maximum Gasteiger partial charge on any atom is 0.283 e. The van der Waals surface area contributed by atoms with Crippen LogP contribution in [0.25, 0.3) is 0 Å². The topological polar surface area (TPSA) is 78.5 Å². The number of halogens is 2. The summed E-state index contributed by atoms with van der Waals surface area (Å²) in [6.45, 7) is 1.97. The molecule has 0 aromatic heterocycles. The van der Waals surface area contributed by atoms with Crippen LogP contribution in [0.3, 0.4) is 0 Å². The van der Waals surface area contributed by atoms with Gasteiger partial charge in [0, 0.05) is 22.0 Å². The van der Waals surface area contributed by atoms with Crippen LogP contribution >= 0.6 is 23.2 Å². The van der Waals surface area contributed by atoms with Gasteiger partial charge in [-0.2, -0.15) is 0 Å². The molecular weight excluding hydrogens is 449 g/mol. The number of hydrogen-bond donors (Lipinski definition) is 2. The third-order valence-corrected chi connectivity index (χ3v) is 5.44. The van der Waals surface area contributed by atoms with Gasteiger partial charge in [-0.3, -0.25) is 14.4 Å². The van der Waals surface area contributed by atoms with E-state index in [-0.39, 0.29) is 16.6 Å². The molecule has 2 N–H and O–H groups in total. The maximum atomic E-state index is 12.8. The Hall–Kier alpha value is -3.61. The molecule has 0 fully saturated rings. The van der Waals surface area contributed by atoms with E-state index in [0.29, 0.717) is 27.6 Å². The van der Waals surface area contributed by atoms with E-state index in [1.165, 1.54) is 0 Å². The number of carbonyl (C=O) groups excluding carboxylic acids is 3. The number of aryl methyl sites for hydroxylation is 1. The summed E-state index contributed by atoms with van der Waals surface area (Å²) < 4.78 is 0. The standard InChI is InChI=1S/C24H17Cl2N3O3/c1-14-2-8-18(9-3-14)28-22(30)15-4-10-17(11-5-15)27-21-20(26)23(31)29(24(21)32)19-12-6-16(25)7-13-19/h2-13,27H,1H3,(H,28,30). The average molecular weight is 466 g/mol. The lowest BCUT2D eigenvalue weighted by Crippen LogP contribution is -2.32.